The molecule has 0 saturated carbocycles. The number of halogens is 2. The highest BCUT2D eigenvalue weighted by molar-refractivity contribution is 6.37. The summed E-state index contributed by atoms with van der Waals surface area (Å²) in [7, 11) is 0. The normalized spacial score (nSPS) is 12.5. The Morgan fingerprint density at radius 2 is 1.87 bits per heavy atom. The molecule has 1 atom stereocenters. The fourth-order valence-corrected chi connectivity index (χ4v) is 1.47. The molecule has 0 aliphatic rings. The Morgan fingerprint density at radius 1 is 1.27 bits per heavy atom. The first kappa shape index (κ1) is 12.5. The zero-order chi connectivity index (χ0) is 11.3. The summed E-state index contributed by atoms with van der Waals surface area (Å²) in [6.45, 7) is 0.00270. The van der Waals surface area contributed by atoms with Crippen molar-refractivity contribution in [3.05, 3.63) is 28.2 Å². The van der Waals surface area contributed by atoms with E-state index in [0.717, 1.165) is 0 Å². The van der Waals surface area contributed by atoms with Crippen molar-refractivity contribution in [3.63, 3.8) is 0 Å². The molecule has 0 bridgehead atoms. The molecular weight excluding hydrogens is 241 g/mol. The summed E-state index contributed by atoms with van der Waals surface area (Å²) in [4.78, 5) is 4.26. The molecule has 3 N–H and O–H groups in total. The Balaban J connectivity index is 2.57. The number of rotatable bonds is 5. The molecule has 0 spiro atoms. The Bertz CT molecular complexity index is 302. The van der Waals surface area contributed by atoms with Crippen LogP contribution in [-0.2, 0) is 4.84 Å². The molecule has 0 aliphatic heterocycles. The van der Waals surface area contributed by atoms with Crippen molar-refractivity contribution in [3.8, 4) is 5.75 Å². The molecule has 0 amide bonds. The number of hydrogen-bond acceptors (Lipinski definition) is 4. The molecule has 1 unspecified atom stereocenters. The van der Waals surface area contributed by atoms with Crippen molar-refractivity contribution in [2.45, 2.75) is 6.10 Å². The van der Waals surface area contributed by atoms with Crippen molar-refractivity contribution >= 4 is 23.2 Å². The van der Waals surface area contributed by atoms with Crippen LogP contribution in [0.4, 0.5) is 0 Å². The second-order valence-electron chi connectivity index (χ2n) is 2.85. The van der Waals surface area contributed by atoms with Crippen LogP contribution in [0.2, 0.25) is 10.0 Å². The summed E-state index contributed by atoms with van der Waals surface area (Å²) < 4.78 is 5.23. The number of hydrogen-bond donors (Lipinski definition) is 2. The predicted molar refractivity (Wildman–Crippen MR) is 58.1 cm³/mol. The smallest absolute Gasteiger partial charge is 0.156 e. The second-order valence-corrected chi connectivity index (χ2v) is 3.66. The first-order valence-electron chi connectivity index (χ1n) is 4.21. The number of aliphatic hydroxyl groups excluding tert-OH is 1. The van der Waals surface area contributed by atoms with Crippen LogP contribution in [0, 0.1) is 0 Å². The highest BCUT2D eigenvalue weighted by atomic mass is 35.5. The summed E-state index contributed by atoms with van der Waals surface area (Å²) in [5, 5.41) is 10.1. The summed E-state index contributed by atoms with van der Waals surface area (Å²) in [5.74, 6) is 5.13. The lowest BCUT2D eigenvalue weighted by Gasteiger charge is -2.12. The molecule has 0 aromatic heterocycles. The molecule has 0 radical (unpaired) electrons. The van der Waals surface area contributed by atoms with E-state index in [1.165, 1.54) is 0 Å². The lowest BCUT2D eigenvalue weighted by molar-refractivity contribution is 0.0116. The minimum absolute atomic E-state index is 0.0118. The summed E-state index contributed by atoms with van der Waals surface area (Å²) in [6, 6.07) is 5.00. The van der Waals surface area contributed by atoms with E-state index in [4.69, 9.17) is 33.8 Å². The molecule has 0 heterocycles. The molecule has 4 nitrogen and oxygen atoms in total. The van der Waals surface area contributed by atoms with Crippen molar-refractivity contribution in [1.82, 2.24) is 0 Å². The average Bonchev–Trinajstić information content (AvgIpc) is 2.17. The molecule has 0 saturated heterocycles. The van der Waals surface area contributed by atoms with Crippen molar-refractivity contribution < 1.29 is 14.7 Å². The van der Waals surface area contributed by atoms with Crippen LogP contribution >= 0.6 is 23.2 Å². The van der Waals surface area contributed by atoms with Gasteiger partial charge in [0.15, 0.2) is 5.75 Å². The quantitative estimate of drug-likeness (QED) is 0.781. The second kappa shape index (κ2) is 6.15. The molecular formula is C9H11Cl2NO3. The van der Waals surface area contributed by atoms with E-state index in [1.54, 1.807) is 18.2 Å². The van der Waals surface area contributed by atoms with Crippen LogP contribution in [-0.4, -0.2) is 24.4 Å². The molecule has 0 aliphatic carbocycles. The first-order chi connectivity index (χ1) is 7.15. The fourth-order valence-electron chi connectivity index (χ4n) is 0.959. The van der Waals surface area contributed by atoms with Crippen molar-refractivity contribution in [2.75, 3.05) is 13.2 Å². The minimum Gasteiger partial charge on any atom is -0.488 e. The van der Waals surface area contributed by atoms with Gasteiger partial charge in [-0.15, -0.1) is 0 Å². The summed E-state index contributed by atoms with van der Waals surface area (Å²) in [6.07, 6.45) is -0.817. The zero-order valence-corrected chi connectivity index (χ0v) is 9.33. The number of aliphatic hydroxyl groups is 1. The molecule has 84 valence electrons. The van der Waals surface area contributed by atoms with Crippen LogP contribution in [0.25, 0.3) is 0 Å². The van der Waals surface area contributed by atoms with Crippen LogP contribution in [0.1, 0.15) is 0 Å². The highest BCUT2D eigenvalue weighted by Crippen LogP contribution is 2.32. The summed E-state index contributed by atoms with van der Waals surface area (Å²) in [5.41, 5.74) is 0. The van der Waals surface area contributed by atoms with Crippen molar-refractivity contribution in [1.29, 1.82) is 0 Å². The van der Waals surface area contributed by atoms with Crippen molar-refractivity contribution in [2.24, 2.45) is 5.90 Å². The van der Waals surface area contributed by atoms with Gasteiger partial charge in [-0.1, -0.05) is 29.3 Å². The Morgan fingerprint density at radius 3 is 2.40 bits per heavy atom. The Labute approximate surface area is 97.4 Å². The van der Waals surface area contributed by atoms with Crippen LogP contribution in [0.3, 0.4) is 0 Å². The van der Waals surface area contributed by atoms with Crippen LogP contribution in [0.5, 0.6) is 5.75 Å². The maximum absolute atomic E-state index is 9.28. The molecule has 1 aromatic carbocycles. The monoisotopic (exact) mass is 251 g/mol. The van der Waals surface area contributed by atoms with Gasteiger partial charge in [0, 0.05) is 0 Å². The van der Waals surface area contributed by atoms with E-state index in [-0.39, 0.29) is 13.2 Å². The van der Waals surface area contributed by atoms with E-state index in [1.807, 2.05) is 0 Å². The topological polar surface area (TPSA) is 64.7 Å². The van der Waals surface area contributed by atoms with Gasteiger partial charge in [0.25, 0.3) is 0 Å². The van der Waals surface area contributed by atoms with E-state index in [0.29, 0.717) is 15.8 Å². The lowest BCUT2D eigenvalue weighted by atomic mass is 10.3. The van der Waals surface area contributed by atoms with Gasteiger partial charge in [-0.25, -0.2) is 5.90 Å². The van der Waals surface area contributed by atoms with Crippen LogP contribution in [0.15, 0.2) is 18.2 Å². The third-order valence-corrected chi connectivity index (χ3v) is 2.22. The Kier molecular flexibility index (Phi) is 5.14. The molecule has 1 aromatic rings. The molecule has 0 fully saturated rings. The van der Waals surface area contributed by atoms with Gasteiger partial charge in [-0.05, 0) is 12.1 Å². The van der Waals surface area contributed by atoms with Gasteiger partial charge in [0.1, 0.15) is 12.7 Å². The van der Waals surface area contributed by atoms with E-state index in [2.05, 4.69) is 4.84 Å². The highest BCUT2D eigenvalue weighted by Gasteiger charge is 2.10. The fraction of sp³-hybridized carbons (Fsp3) is 0.333. The minimum atomic E-state index is -0.817. The van der Waals surface area contributed by atoms with E-state index < -0.39 is 6.10 Å². The average molecular weight is 252 g/mol. The van der Waals surface area contributed by atoms with E-state index in [9.17, 15) is 5.11 Å². The van der Waals surface area contributed by atoms with Gasteiger partial charge >= 0.3 is 0 Å². The maximum Gasteiger partial charge on any atom is 0.156 e. The third-order valence-electron chi connectivity index (χ3n) is 1.63. The summed E-state index contributed by atoms with van der Waals surface area (Å²) >= 11 is 11.7. The zero-order valence-electron chi connectivity index (χ0n) is 7.82. The molecule has 6 heteroatoms. The van der Waals surface area contributed by atoms with Gasteiger partial charge in [-0.2, -0.15) is 0 Å². The number of benzene rings is 1. The van der Waals surface area contributed by atoms with Gasteiger partial charge in [-0.3, -0.25) is 0 Å². The van der Waals surface area contributed by atoms with Gasteiger partial charge in [0.2, 0.25) is 0 Å². The number of para-hydroxylation sites is 1. The standard InChI is InChI=1S/C9H11Cl2NO3/c10-7-2-1-3-8(11)9(7)14-4-6(13)5-15-12/h1-3,6,13H,4-5,12H2. The molecule has 15 heavy (non-hydrogen) atoms. The predicted octanol–water partition coefficient (Wildman–Crippen LogP) is 1.62. The largest absolute Gasteiger partial charge is 0.488 e. The lowest BCUT2D eigenvalue weighted by Crippen LogP contribution is -2.25. The third kappa shape index (κ3) is 3.85. The molecule has 1 rings (SSSR count). The maximum atomic E-state index is 9.28. The van der Waals surface area contributed by atoms with Crippen LogP contribution < -0.4 is 10.6 Å². The van der Waals surface area contributed by atoms with E-state index >= 15 is 0 Å². The van der Waals surface area contributed by atoms with Gasteiger partial charge < -0.3 is 14.7 Å². The Hall–Kier alpha value is -0.520. The van der Waals surface area contributed by atoms with Gasteiger partial charge in [0.05, 0.1) is 16.7 Å². The SMILES string of the molecule is NOCC(O)COc1c(Cl)cccc1Cl. The number of nitrogens with two attached hydrogens (primary N) is 1. The first-order valence-corrected chi connectivity index (χ1v) is 4.97. The number of ether oxygens (including phenoxy) is 1.